The molecule has 0 aromatic carbocycles. The largest absolute Gasteiger partial charge is 0.459 e. The van der Waals surface area contributed by atoms with Crippen LogP contribution in [-0.2, 0) is 5.54 Å². The Morgan fingerprint density at radius 1 is 1.35 bits per heavy atom. The van der Waals surface area contributed by atoms with Gasteiger partial charge in [-0.3, -0.25) is 4.79 Å². The van der Waals surface area contributed by atoms with E-state index in [1.807, 2.05) is 6.92 Å². The van der Waals surface area contributed by atoms with Crippen molar-refractivity contribution < 1.29 is 13.7 Å². The van der Waals surface area contributed by atoms with Gasteiger partial charge in [-0.1, -0.05) is 18.0 Å². The molecule has 20 heavy (non-hydrogen) atoms. The molecule has 1 aliphatic rings. The molecule has 1 amide bonds. The van der Waals surface area contributed by atoms with Crippen LogP contribution in [-0.4, -0.2) is 16.0 Å². The summed E-state index contributed by atoms with van der Waals surface area (Å²) in [5, 5.41) is 7.04. The average Bonchev–Trinajstić information content (AvgIpc) is 3.10. The molecule has 3 rings (SSSR count). The number of aryl methyl sites for hydroxylation is 2. The van der Waals surface area contributed by atoms with Crippen LogP contribution in [0.15, 0.2) is 21.3 Å². The van der Waals surface area contributed by atoms with Gasteiger partial charge in [-0.15, -0.1) is 0 Å². The second-order valence-electron chi connectivity index (χ2n) is 5.31. The highest BCUT2D eigenvalue weighted by atomic mass is 16.5. The first-order valence-electron chi connectivity index (χ1n) is 6.78. The van der Waals surface area contributed by atoms with Crippen LogP contribution in [0.25, 0.3) is 0 Å². The van der Waals surface area contributed by atoms with Crippen molar-refractivity contribution >= 4 is 5.91 Å². The molecule has 0 bridgehead atoms. The van der Waals surface area contributed by atoms with Crippen LogP contribution in [0, 0.1) is 13.8 Å². The number of carbonyl (C=O) groups is 1. The molecule has 2 aromatic rings. The molecule has 2 heterocycles. The third-order valence-corrected chi connectivity index (χ3v) is 3.83. The van der Waals surface area contributed by atoms with Gasteiger partial charge in [0.2, 0.25) is 5.89 Å². The SMILES string of the molecule is Cc1nc(C2(NC(=O)c3occc3C)CCCC2)no1. The average molecular weight is 275 g/mol. The molecule has 0 saturated heterocycles. The number of amides is 1. The number of hydrogen-bond donors (Lipinski definition) is 1. The summed E-state index contributed by atoms with van der Waals surface area (Å²) in [6.07, 6.45) is 5.22. The van der Waals surface area contributed by atoms with Gasteiger partial charge < -0.3 is 14.3 Å². The molecule has 1 N–H and O–H groups in total. The fourth-order valence-corrected chi connectivity index (χ4v) is 2.76. The van der Waals surface area contributed by atoms with Crippen molar-refractivity contribution in [1.82, 2.24) is 15.5 Å². The van der Waals surface area contributed by atoms with Crippen LogP contribution in [0.2, 0.25) is 0 Å². The van der Waals surface area contributed by atoms with E-state index < -0.39 is 5.54 Å². The number of nitrogens with one attached hydrogen (secondary N) is 1. The highest BCUT2D eigenvalue weighted by molar-refractivity contribution is 5.93. The molecule has 0 spiro atoms. The summed E-state index contributed by atoms with van der Waals surface area (Å²) in [6.45, 7) is 3.59. The van der Waals surface area contributed by atoms with E-state index in [0.717, 1.165) is 31.2 Å². The van der Waals surface area contributed by atoms with E-state index in [4.69, 9.17) is 8.94 Å². The van der Waals surface area contributed by atoms with Crippen LogP contribution in [0.1, 0.15) is 53.5 Å². The zero-order valence-electron chi connectivity index (χ0n) is 11.6. The molecule has 0 aliphatic heterocycles. The first kappa shape index (κ1) is 12.9. The van der Waals surface area contributed by atoms with Crippen LogP contribution in [0.5, 0.6) is 0 Å². The van der Waals surface area contributed by atoms with Gasteiger partial charge >= 0.3 is 0 Å². The monoisotopic (exact) mass is 275 g/mol. The Labute approximate surface area is 116 Å². The lowest BCUT2D eigenvalue weighted by Crippen LogP contribution is -2.44. The predicted octanol–water partition coefficient (Wildman–Crippen LogP) is 2.48. The van der Waals surface area contributed by atoms with Crippen molar-refractivity contribution in [2.24, 2.45) is 0 Å². The summed E-state index contributed by atoms with van der Waals surface area (Å²) in [5.74, 6) is 1.19. The molecule has 1 saturated carbocycles. The fourth-order valence-electron chi connectivity index (χ4n) is 2.76. The minimum atomic E-state index is -0.534. The van der Waals surface area contributed by atoms with Gasteiger partial charge in [0, 0.05) is 12.5 Å². The van der Waals surface area contributed by atoms with Gasteiger partial charge in [0.05, 0.1) is 6.26 Å². The van der Waals surface area contributed by atoms with E-state index in [-0.39, 0.29) is 5.91 Å². The van der Waals surface area contributed by atoms with Crippen molar-refractivity contribution in [3.63, 3.8) is 0 Å². The topological polar surface area (TPSA) is 81.2 Å². The number of nitrogens with zero attached hydrogens (tertiary/aromatic N) is 2. The van der Waals surface area contributed by atoms with Gasteiger partial charge in [-0.25, -0.2) is 0 Å². The first-order chi connectivity index (χ1) is 9.61. The summed E-state index contributed by atoms with van der Waals surface area (Å²) in [6, 6.07) is 1.77. The van der Waals surface area contributed by atoms with Gasteiger partial charge in [0.15, 0.2) is 11.6 Å². The highest BCUT2D eigenvalue weighted by Gasteiger charge is 2.41. The Bertz CT molecular complexity index is 623. The Morgan fingerprint density at radius 3 is 2.65 bits per heavy atom. The highest BCUT2D eigenvalue weighted by Crippen LogP contribution is 2.37. The van der Waals surface area contributed by atoms with E-state index in [2.05, 4.69) is 15.5 Å². The smallest absolute Gasteiger partial charge is 0.288 e. The standard InChI is InChI=1S/C14H17N3O3/c1-9-5-8-19-11(9)12(18)16-14(6-3-4-7-14)13-15-10(2)20-17-13/h5,8H,3-4,6-7H2,1-2H3,(H,16,18). The Morgan fingerprint density at radius 2 is 2.10 bits per heavy atom. The Balaban J connectivity index is 1.89. The summed E-state index contributed by atoms with van der Waals surface area (Å²) < 4.78 is 10.3. The van der Waals surface area contributed by atoms with Crippen LogP contribution in [0.3, 0.4) is 0 Å². The van der Waals surface area contributed by atoms with E-state index in [1.54, 1.807) is 13.0 Å². The lowest BCUT2D eigenvalue weighted by atomic mass is 9.96. The van der Waals surface area contributed by atoms with Gasteiger partial charge in [0.25, 0.3) is 5.91 Å². The van der Waals surface area contributed by atoms with Crippen LogP contribution in [0.4, 0.5) is 0 Å². The second-order valence-corrected chi connectivity index (χ2v) is 5.31. The van der Waals surface area contributed by atoms with E-state index in [9.17, 15) is 4.79 Å². The maximum absolute atomic E-state index is 12.4. The van der Waals surface area contributed by atoms with E-state index >= 15 is 0 Å². The molecular weight excluding hydrogens is 258 g/mol. The normalized spacial score (nSPS) is 17.3. The van der Waals surface area contributed by atoms with Crippen molar-refractivity contribution in [2.45, 2.75) is 45.1 Å². The minimum Gasteiger partial charge on any atom is -0.459 e. The van der Waals surface area contributed by atoms with E-state index in [1.165, 1.54) is 6.26 Å². The summed E-state index contributed by atoms with van der Waals surface area (Å²) in [7, 11) is 0. The second kappa shape index (κ2) is 4.77. The van der Waals surface area contributed by atoms with Crippen LogP contribution >= 0.6 is 0 Å². The summed E-state index contributed by atoms with van der Waals surface area (Å²) >= 11 is 0. The minimum absolute atomic E-state index is 0.225. The summed E-state index contributed by atoms with van der Waals surface area (Å²) in [5.41, 5.74) is 0.286. The third kappa shape index (κ3) is 2.11. The molecule has 1 aliphatic carbocycles. The predicted molar refractivity (Wildman–Crippen MR) is 70.1 cm³/mol. The molecule has 6 nitrogen and oxygen atoms in total. The fraction of sp³-hybridized carbons (Fsp3) is 0.500. The van der Waals surface area contributed by atoms with Crippen molar-refractivity contribution in [3.8, 4) is 0 Å². The Hall–Kier alpha value is -2.11. The number of carbonyl (C=O) groups excluding carboxylic acids is 1. The first-order valence-corrected chi connectivity index (χ1v) is 6.78. The number of rotatable bonds is 3. The lowest BCUT2D eigenvalue weighted by Gasteiger charge is -2.26. The lowest BCUT2D eigenvalue weighted by molar-refractivity contribution is 0.0862. The van der Waals surface area contributed by atoms with E-state index in [0.29, 0.717) is 17.5 Å². The molecule has 0 radical (unpaired) electrons. The maximum atomic E-state index is 12.4. The molecule has 0 unspecified atom stereocenters. The zero-order chi connectivity index (χ0) is 14.2. The molecule has 0 atom stereocenters. The molecular formula is C14H17N3O3. The third-order valence-electron chi connectivity index (χ3n) is 3.83. The van der Waals surface area contributed by atoms with Gasteiger partial charge in [-0.2, -0.15) is 4.98 Å². The van der Waals surface area contributed by atoms with Crippen molar-refractivity contribution in [2.75, 3.05) is 0 Å². The molecule has 106 valence electrons. The Kier molecular flexibility index (Phi) is 3.08. The maximum Gasteiger partial charge on any atom is 0.288 e. The molecule has 1 fully saturated rings. The molecule has 6 heteroatoms. The molecule has 2 aromatic heterocycles. The van der Waals surface area contributed by atoms with Gasteiger partial charge in [-0.05, 0) is 25.8 Å². The van der Waals surface area contributed by atoms with Gasteiger partial charge in [0.1, 0.15) is 5.54 Å². The van der Waals surface area contributed by atoms with Crippen molar-refractivity contribution in [1.29, 1.82) is 0 Å². The number of hydrogen-bond acceptors (Lipinski definition) is 5. The number of furan rings is 1. The quantitative estimate of drug-likeness (QED) is 0.930. The number of aromatic nitrogens is 2. The summed E-state index contributed by atoms with van der Waals surface area (Å²) in [4.78, 5) is 16.7. The van der Waals surface area contributed by atoms with Crippen LogP contribution < -0.4 is 5.32 Å². The zero-order valence-corrected chi connectivity index (χ0v) is 11.6. The van der Waals surface area contributed by atoms with Crippen molar-refractivity contribution in [3.05, 3.63) is 35.4 Å².